The third-order valence-electron chi connectivity index (χ3n) is 2.43. The van der Waals surface area contributed by atoms with E-state index in [0.717, 1.165) is 16.7 Å². The summed E-state index contributed by atoms with van der Waals surface area (Å²) in [5.41, 5.74) is 3.32. The van der Waals surface area contributed by atoms with Crippen molar-refractivity contribution in [3.63, 3.8) is 0 Å². The van der Waals surface area contributed by atoms with Crippen LogP contribution < -0.4 is 0 Å². The lowest BCUT2D eigenvalue weighted by Crippen LogP contribution is -2.04. The van der Waals surface area contributed by atoms with Crippen LogP contribution in [0.15, 0.2) is 48.8 Å². The summed E-state index contributed by atoms with van der Waals surface area (Å²) in [6, 6.07) is 12.2. The van der Waals surface area contributed by atoms with Gasteiger partial charge in [-0.25, -0.2) is 0 Å². The van der Waals surface area contributed by atoms with Crippen molar-refractivity contribution >= 4 is 0 Å². The van der Waals surface area contributed by atoms with Crippen molar-refractivity contribution in [1.29, 1.82) is 0 Å². The first kappa shape index (κ1) is 10.8. The number of pyridine rings is 1. The zero-order valence-corrected chi connectivity index (χ0v) is 9.30. The molecule has 1 unspecified atom stereocenters. The lowest BCUT2D eigenvalue weighted by molar-refractivity contribution is 0.195. The number of nitrogens with zero attached hydrogens (tertiary/aromatic N) is 1. The van der Waals surface area contributed by atoms with Crippen LogP contribution in [-0.4, -0.2) is 16.2 Å². The maximum absolute atomic E-state index is 9.34. The van der Waals surface area contributed by atoms with E-state index < -0.39 is 0 Å². The molecule has 0 spiro atoms. The van der Waals surface area contributed by atoms with E-state index in [2.05, 4.69) is 23.2 Å². The van der Waals surface area contributed by atoms with E-state index in [1.165, 1.54) is 0 Å². The van der Waals surface area contributed by atoms with Crippen molar-refractivity contribution < 1.29 is 5.11 Å². The van der Waals surface area contributed by atoms with E-state index in [0.29, 0.717) is 6.42 Å². The Balaban J connectivity index is 2.29. The molecule has 1 heterocycles. The SMILES string of the molecule is CC(O)Cc1cncc(-c2ccccc2)c1. The second-order valence-electron chi connectivity index (χ2n) is 4.00. The van der Waals surface area contributed by atoms with E-state index >= 15 is 0 Å². The fraction of sp³-hybridized carbons (Fsp3) is 0.214. The second-order valence-corrected chi connectivity index (χ2v) is 4.00. The average Bonchev–Trinajstić information content (AvgIpc) is 2.30. The third kappa shape index (κ3) is 2.67. The van der Waals surface area contributed by atoms with Gasteiger partial charge in [0.2, 0.25) is 0 Å². The van der Waals surface area contributed by atoms with Crippen LogP contribution in [0.25, 0.3) is 11.1 Å². The number of hydrogen-bond acceptors (Lipinski definition) is 2. The highest BCUT2D eigenvalue weighted by Crippen LogP contribution is 2.19. The minimum absolute atomic E-state index is 0.326. The van der Waals surface area contributed by atoms with E-state index in [1.54, 1.807) is 13.1 Å². The molecule has 2 aromatic rings. The van der Waals surface area contributed by atoms with Crippen LogP contribution in [0.3, 0.4) is 0 Å². The third-order valence-corrected chi connectivity index (χ3v) is 2.43. The molecule has 2 heteroatoms. The molecule has 1 N–H and O–H groups in total. The van der Waals surface area contributed by atoms with Crippen molar-refractivity contribution in [3.8, 4) is 11.1 Å². The molecule has 0 saturated carbocycles. The van der Waals surface area contributed by atoms with Crippen molar-refractivity contribution in [3.05, 3.63) is 54.4 Å². The Kier molecular flexibility index (Phi) is 3.32. The summed E-state index contributed by atoms with van der Waals surface area (Å²) in [4.78, 5) is 4.20. The first-order chi connectivity index (χ1) is 7.75. The molecule has 0 saturated heterocycles. The molecular weight excluding hydrogens is 198 g/mol. The van der Waals surface area contributed by atoms with E-state index in [-0.39, 0.29) is 6.10 Å². The monoisotopic (exact) mass is 213 g/mol. The smallest absolute Gasteiger partial charge is 0.0553 e. The predicted molar refractivity (Wildman–Crippen MR) is 65.1 cm³/mol. The molecule has 0 aliphatic rings. The Bertz CT molecular complexity index is 451. The fourth-order valence-electron chi connectivity index (χ4n) is 1.73. The molecule has 0 fully saturated rings. The Morgan fingerprint density at radius 2 is 1.88 bits per heavy atom. The maximum atomic E-state index is 9.34. The molecule has 0 aliphatic heterocycles. The van der Waals surface area contributed by atoms with Gasteiger partial charge in [0.1, 0.15) is 0 Å². The summed E-state index contributed by atoms with van der Waals surface area (Å²) >= 11 is 0. The zero-order chi connectivity index (χ0) is 11.4. The number of aromatic nitrogens is 1. The summed E-state index contributed by atoms with van der Waals surface area (Å²) in [5.74, 6) is 0. The maximum Gasteiger partial charge on any atom is 0.0553 e. The number of hydrogen-bond donors (Lipinski definition) is 1. The highest BCUT2D eigenvalue weighted by Gasteiger charge is 2.02. The zero-order valence-electron chi connectivity index (χ0n) is 9.30. The van der Waals surface area contributed by atoms with Crippen LogP contribution in [0.2, 0.25) is 0 Å². The first-order valence-corrected chi connectivity index (χ1v) is 5.43. The van der Waals surface area contributed by atoms with Gasteiger partial charge in [-0.3, -0.25) is 4.98 Å². The second kappa shape index (κ2) is 4.90. The fourth-order valence-corrected chi connectivity index (χ4v) is 1.73. The molecule has 1 aromatic carbocycles. The average molecular weight is 213 g/mol. The van der Waals surface area contributed by atoms with Gasteiger partial charge in [0.15, 0.2) is 0 Å². The minimum atomic E-state index is -0.326. The Morgan fingerprint density at radius 3 is 2.56 bits per heavy atom. The molecule has 2 nitrogen and oxygen atoms in total. The van der Waals surface area contributed by atoms with Crippen LogP contribution in [0, 0.1) is 0 Å². The molecule has 0 bridgehead atoms. The quantitative estimate of drug-likeness (QED) is 0.850. The number of aliphatic hydroxyl groups is 1. The molecule has 82 valence electrons. The van der Waals surface area contributed by atoms with Gasteiger partial charge in [0, 0.05) is 18.0 Å². The minimum Gasteiger partial charge on any atom is -0.393 e. The van der Waals surface area contributed by atoms with E-state index in [9.17, 15) is 5.11 Å². The van der Waals surface area contributed by atoms with E-state index in [4.69, 9.17) is 0 Å². The van der Waals surface area contributed by atoms with Crippen LogP contribution in [-0.2, 0) is 6.42 Å². The van der Waals surface area contributed by atoms with Crippen molar-refractivity contribution in [1.82, 2.24) is 4.98 Å². The van der Waals surface area contributed by atoms with Crippen LogP contribution >= 0.6 is 0 Å². The van der Waals surface area contributed by atoms with Gasteiger partial charge in [0.25, 0.3) is 0 Å². The lowest BCUT2D eigenvalue weighted by Gasteiger charge is -2.06. The van der Waals surface area contributed by atoms with Gasteiger partial charge in [-0.2, -0.15) is 0 Å². The molecule has 0 amide bonds. The number of rotatable bonds is 3. The Hall–Kier alpha value is -1.67. The summed E-state index contributed by atoms with van der Waals surface area (Å²) in [7, 11) is 0. The lowest BCUT2D eigenvalue weighted by atomic mass is 10.0. The molecule has 0 aliphatic carbocycles. The highest BCUT2D eigenvalue weighted by molar-refractivity contribution is 5.62. The van der Waals surface area contributed by atoms with Gasteiger partial charge in [-0.05, 0) is 30.5 Å². The Labute approximate surface area is 95.6 Å². The van der Waals surface area contributed by atoms with Crippen LogP contribution in [0.4, 0.5) is 0 Å². The normalized spacial score (nSPS) is 12.4. The molecule has 0 radical (unpaired) electrons. The van der Waals surface area contributed by atoms with Gasteiger partial charge >= 0.3 is 0 Å². The summed E-state index contributed by atoms with van der Waals surface area (Å²) in [5, 5.41) is 9.34. The van der Waals surface area contributed by atoms with Gasteiger partial charge in [-0.15, -0.1) is 0 Å². The largest absolute Gasteiger partial charge is 0.393 e. The predicted octanol–water partition coefficient (Wildman–Crippen LogP) is 2.67. The summed E-state index contributed by atoms with van der Waals surface area (Å²) in [6.45, 7) is 1.79. The molecular formula is C14H15NO. The summed E-state index contributed by atoms with van der Waals surface area (Å²) < 4.78 is 0. The van der Waals surface area contributed by atoms with E-state index in [1.807, 2.05) is 24.4 Å². The van der Waals surface area contributed by atoms with Crippen LogP contribution in [0.5, 0.6) is 0 Å². The number of aliphatic hydroxyl groups excluding tert-OH is 1. The number of benzene rings is 1. The van der Waals surface area contributed by atoms with Gasteiger partial charge in [-0.1, -0.05) is 30.3 Å². The topological polar surface area (TPSA) is 33.1 Å². The first-order valence-electron chi connectivity index (χ1n) is 5.43. The van der Waals surface area contributed by atoms with Crippen molar-refractivity contribution in [2.75, 3.05) is 0 Å². The summed E-state index contributed by atoms with van der Waals surface area (Å²) in [6.07, 6.45) is 3.97. The molecule has 1 aromatic heterocycles. The van der Waals surface area contributed by atoms with Gasteiger partial charge < -0.3 is 5.11 Å². The van der Waals surface area contributed by atoms with Crippen LogP contribution in [0.1, 0.15) is 12.5 Å². The van der Waals surface area contributed by atoms with Crippen molar-refractivity contribution in [2.24, 2.45) is 0 Å². The van der Waals surface area contributed by atoms with Crippen molar-refractivity contribution in [2.45, 2.75) is 19.4 Å². The standard InChI is InChI=1S/C14H15NO/c1-11(16)7-12-8-14(10-15-9-12)13-5-3-2-4-6-13/h2-6,8-11,16H,7H2,1H3. The highest BCUT2D eigenvalue weighted by atomic mass is 16.3. The molecule has 1 atom stereocenters. The Morgan fingerprint density at radius 1 is 1.12 bits per heavy atom. The van der Waals surface area contributed by atoms with Gasteiger partial charge in [0.05, 0.1) is 6.10 Å². The molecule has 16 heavy (non-hydrogen) atoms. The molecule has 2 rings (SSSR count).